The quantitative estimate of drug-likeness (QED) is 0.723. The summed E-state index contributed by atoms with van der Waals surface area (Å²) in [6.45, 7) is 1.28. The highest BCUT2D eigenvalue weighted by atomic mass is 19.3. The summed E-state index contributed by atoms with van der Waals surface area (Å²) in [6, 6.07) is -0.326. The fourth-order valence-corrected chi connectivity index (χ4v) is 0.890. The first-order valence-electron chi connectivity index (χ1n) is 4.53. The Labute approximate surface area is 85.6 Å². The normalized spacial score (nSPS) is 13.4. The number of ether oxygens (including phenoxy) is 1. The van der Waals surface area contributed by atoms with Gasteiger partial charge in [0.1, 0.15) is 6.61 Å². The molecule has 0 saturated carbocycles. The third kappa shape index (κ3) is 4.30. The van der Waals surface area contributed by atoms with E-state index in [9.17, 15) is 8.78 Å². The van der Waals surface area contributed by atoms with Crippen molar-refractivity contribution >= 4 is 0 Å². The molecule has 0 aromatic carbocycles. The van der Waals surface area contributed by atoms with Gasteiger partial charge < -0.3 is 15.0 Å². The van der Waals surface area contributed by atoms with Crippen LogP contribution in [0.1, 0.15) is 24.7 Å². The summed E-state index contributed by atoms with van der Waals surface area (Å²) in [6.07, 6.45) is -2.11. The van der Waals surface area contributed by atoms with Gasteiger partial charge in [-0.2, -0.15) is 4.98 Å². The van der Waals surface area contributed by atoms with Gasteiger partial charge in [0, 0.05) is 6.42 Å². The molecule has 5 nitrogen and oxygen atoms in total. The molecule has 0 aliphatic heterocycles. The third-order valence-corrected chi connectivity index (χ3v) is 1.59. The number of rotatable bonds is 6. The standard InChI is InChI=1S/C8H13F2N3O2/c1-5(11)8-12-7(13-15-8)2-3-14-4-6(9)10/h5-6H,2-4,11H2,1H3/t5-/m1/s1. The molecule has 0 fully saturated rings. The van der Waals surface area contributed by atoms with Crippen molar-refractivity contribution in [1.29, 1.82) is 0 Å². The summed E-state index contributed by atoms with van der Waals surface area (Å²) in [5.74, 6) is 0.746. The van der Waals surface area contributed by atoms with E-state index in [4.69, 9.17) is 10.3 Å². The second-order valence-electron chi connectivity index (χ2n) is 3.05. The lowest BCUT2D eigenvalue weighted by Gasteiger charge is -1.99. The molecule has 1 aromatic rings. The molecule has 7 heteroatoms. The zero-order valence-corrected chi connectivity index (χ0v) is 8.32. The lowest BCUT2D eigenvalue weighted by atomic mass is 10.3. The van der Waals surface area contributed by atoms with Gasteiger partial charge in [-0.15, -0.1) is 0 Å². The highest BCUT2D eigenvalue weighted by Gasteiger charge is 2.10. The van der Waals surface area contributed by atoms with E-state index in [1.165, 1.54) is 0 Å². The van der Waals surface area contributed by atoms with Gasteiger partial charge >= 0.3 is 0 Å². The number of alkyl halides is 2. The monoisotopic (exact) mass is 221 g/mol. The molecule has 86 valence electrons. The fourth-order valence-electron chi connectivity index (χ4n) is 0.890. The van der Waals surface area contributed by atoms with Crippen LogP contribution in [0.3, 0.4) is 0 Å². The van der Waals surface area contributed by atoms with Crippen LogP contribution in [0.4, 0.5) is 8.78 Å². The first kappa shape index (κ1) is 12.0. The van der Waals surface area contributed by atoms with E-state index < -0.39 is 13.0 Å². The van der Waals surface area contributed by atoms with Gasteiger partial charge in [-0.1, -0.05) is 5.16 Å². The largest absolute Gasteiger partial charge is 0.375 e. The number of halogens is 2. The summed E-state index contributed by atoms with van der Waals surface area (Å²) < 4.78 is 32.8. The number of nitrogens with two attached hydrogens (primary N) is 1. The SMILES string of the molecule is C[C@@H](N)c1nc(CCOCC(F)F)no1. The van der Waals surface area contributed by atoms with Gasteiger partial charge in [0.15, 0.2) is 5.82 Å². The second kappa shape index (κ2) is 5.72. The van der Waals surface area contributed by atoms with Crippen molar-refractivity contribution in [2.24, 2.45) is 5.73 Å². The predicted octanol–water partition coefficient (Wildman–Crippen LogP) is 0.914. The van der Waals surface area contributed by atoms with Gasteiger partial charge in [-0.3, -0.25) is 0 Å². The fraction of sp³-hybridized carbons (Fsp3) is 0.750. The van der Waals surface area contributed by atoms with E-state index in [0.29, 0.717) is 18.1 Å². The van der Waals surface area contributed by atoms with Crippen LogP contribution in [-0.2, 0) is 11.2 Å². The Morgan fingerprint density at radius 2 is 2.27 bits per heavy atom. The minimum absolute atomic E-state index is 0.141. The average Bonchev–Trinajstić information content (AvgIpc) is 2.60. The van der Waals surface area contributed by atoms with Gasteiger partial charge in [-0.25, -0.2) is 8.78 Å². The van der Waals surface area contributed by atoms with Crippen LogP contribution in [0.15, 0.2) is 4.52 Å². The van der Waals surface area contributed by atoms with E-state index in [-0.39, 0.29) is 12.6 Å². The summed E-state index contributed by atoms with van der Waals surface area (Å²) in [4.78, 5) is 3.96. The lowest BCUT2D eigenvalue weighted by Crippen LogP contribution is -2.08. The molecule has 15 heavy (non-hydrogen) atoms. The maximum absolute atomic E-state index is 11.7. The van der Waals surface area contributed by atoms with E-state index >= 15 is 0 Å². The minimum Gasteiger partial charge on any atom is -0.375 e. The number of aromatic nitrogens is 2. The van der Waals surface area contributed by atoms with E-state index in [1.54, 1.807) is 6.92 Å². The van der Waals surface area contributed by atoms with Gasteiger partial charge in [0.05, 0.1) is 12.6 Å². The van der Waals surface area contributed by atoms with E-state index in [0.717, 1.165) is 0 Å². The number of hydrogen-bond donors (Lipinski definition) is 1. The van der Waals surface area contributed by atoms with Gasteiger partial charge in [0.2, 0.25) is 5.89 Å². The molecular formula is C8H13F2N3O2. The van der Waals surface area contributed by atoms with Crippen molar-refractivity contribution < 1.29 is 18.0 Å². The topological polar surface area (TPSA) is 74.2 Å². The van der Waals surface area contributed by atoms with E-state index in [2.05, 4.69) is 14.9 Å². The van der Waals surface area contributed by atoms with Crippen molar-refractivity contribution in [3.8, 4) is 0 Å². The Balaban J connectivity index is 2.26. The van der Waals surface area contributed by atoms with Crippen LogP contribution >= 0.6 is 0 Å². The maximum Gasteiger partial charge on any atom is 0.261 e. The molecule has 0 aliphatic carbocycles. The molecule has 1 rings (SSSR count). The molecule has 0 saturated heterocycles. The Morgan fingerprint density at radius 1 is 1.53 bits per heavy atom. The van der Waals surface area contributed by atoms with Gasteiger partial charge in [0.25, 0.3) is 6.43 Å². The molecular weight excluding hydrogens is 208 g/mol. The highest BCUT2D eigenvalue weighted by Crippen LogP contribution is 2.06. The van der Waals surface area contributed by atoms with Crippen LogP contribution < -0.4 is 5.73 Å². The molecule has 0 spiro atoms. The minimum atomic E-state index is -2.45. The predicted molar refractivity (Wildman–Crippen MR) is 47.4 cm³/mol. The van der Waals surface area contributed by atoms with Crippen LogP contribution in [0.25, 0.3) is 0 Å². The Morgan fingerprint density at radius 3 is 2.80 bits per heavy atom. The van der Waals surface area contributed by atoms with Crippen molar-refractivity contribution in [1.82, 2.24) is 10.1 Å². The third-order valence-electron chi connectivity index (χ3n) is 1.59. The first-order valence-corrected chi connectivity index (χ1v) is 4.53. The molecule has 0 aliphatic rings. The Kier molecular flexibility index (Phi) is 4.57. The summed E-state index contributed by atoms with van der Waals surface area (Å²) in [5.41, 5.74) is 5.49. The summed E-state index contributed by atoms with van der Waals surface area (Å²) in [7, 11) is 0. The van der Waals surface area contributed by atoms with E-state index in [1.807, 2.05) is 0 Å². The highest BCUT2D eigenvalue weighted by molar-refractivity contribution is 4.90. The van der Waals surface area contributed by atoms with Gasteiger partial charge in [-0.05, 0) is 6.92 Å². The summed E-state index contributed by atoms with van der Waals surface area (Å²) >= 11 is 0. The van der Waals surface area contributed by atoms with Crippen molar-refractivity contribution in [3.63, 3.8) is 0 Å². The smallest absolute Gasteiger partial charge is 0.261 e. The molecule has 1 heterocycles. The molecule has 1 atom stereocenters. The van der Waals surface area contributed by atoms with Crippen molar-refractivity contribution in [2.45, 2.75) is 25.8 Å². The first-order chi connectivity index (χ1) is 7.09. The number of hydrogen-bond acceptors (Lipinski definition) is 5. The lowest BCUT2D eigenvalue weighted by molar-refractivity contribution is 0.0182. The van der Waals surface area contributed by atoms with Crippen LogP contribution in [-0.4, -0.2) is 29.8 Å². The Bertz CT molecular complexity index is 291. The molecule has 0 unspecified atom stereocenters. The molecule has 0 amide bonds. The van der Waals surface area contributed by atoms with Crippen LogP contribution in [0, 0.1) is 0 Å². The molecule has 2 N–H and O–H groups in total. The zero-order valence-electron chi connectivity index (χ0n) is 8.32. The van der Waals surface area contributed by atoms with Crippen molar-refractivity contribution in [2.75, 3.05) is 13.2 Å². The van der Waals surface area contributed by atoms with Crippen LogP contribution in [0.2, 0.25) is 0 Å². The molecule has 0 radical (unpaired) electrons. The average molecular weight is 221 g/mol. The van der Waals surface area contributed by atoms with Crippen molar-refractivity contribution in [3.05, 3.63) is 11.7 Å². The zero-order chi connectivity index (χ0) is 11.3. The second-order valence-corrected chi connectivity index (χ2v) is 3.05. The molecule has 1 aromatic heterocycles. The number of nitrogens with zero attached hydrogens (tertiary/aromatic N) is 2. The van der Waals surface area contributed by atoms with Crippen LogP contribution in [0.5, 0.6) is 0 Å². The molecule has 0 bridgehead atoms. The maximum atomic E-state index is 11.7. The summed E-state index contributed by atoms with van der Waals surface area (Å²) in [5, 5.41) is 3.62. The Hall–Kier alpha value is -1.08.